The van der Waals surface area contributed by atoms with E-state index in [1.165, 1.54) is 35.2 Å². The molecular formula is C16H15F2NO. The lowest BCUT2D eigenvalue weighted by molar-refractivity contribution is 0.0785. The van der Waals surface area contributed by atoms with Gasteiger partial charge in [-0.15, -0.1) is 0 Å². The van der Waals surface area contributed by atoms with Crippen LogP contribution < -0.4 is 0 Å². The largest absolute Gasteiger partial charge is 0.337 e. The molecule has 2 rings (SSSR count). The van der Waals surface area contributed by atoms with Crippen LogP contribution in [0.4, 0.5) is 8.78 Å². The lowest BCUT2D eigenvalue weighted by atomic mass is 10.1. The first-order chi connectivity index (χ1) is 9.47. The van der Waals surface area contributed by atoms with Crippen LogP contribution in [0.5, 0.6) is 0 Å². The number of benzene rings is 2. The number of amides is 1. The van der Waals surface area contributed by atoms with E-state index in [0.717, 1.165) is 5.56 Å². The van der Waals surface area contributed by atoms with Crippen LogP contribution in [0.25, 0.3) is 0 Å². The smallest absolute Gasteiger partial charge is 0.253 e. The Kier molecular flexibility index (Phi) is 4.13. The molecule has 2 aromatic carbocycles. The summed E-state index contributed by atoms with van der Waals surface area (Å²) in [5.41, 5.74) is 1.71. The Morgan fingerprint density at radius 3 is 2.35 bits per heavy atom. The first kappa shape index (κ1) is 14.2. The van der Waals surface area contributed by atoms with Gasteiger partial charge in [0.1, 0.15) is 11.6 Å². The van der Waals surface area contributed by atoms with Crippen molar-refractivity contribution in [3.8, 4) is 0 Å². The molecule has 0 radical (unpaired) electrons. The van der Waals surface area contributed by atoms with Gasteiger partial charge in [0, 0.05) is 19.2 Å². The third-order valence-electron chi connectivity index (χ3n) is 3.08. The summed E-state index contributed by atoms with van der Waals surface area (Å²) in [6.45, 7) is 1.99. The maximum Gasteiger partial charge on any atom is 0.253 e. The minimum absolute atomic E-state index is 0.197. The average Bonchev–Trinajstić information content (AvgIpc) is 2.43. The van der Waals surface area contributed by atoms with Crippen LogP contribution >= 0.6 is 0 Å². The highest BCUT2D eigenvalue weighted by atomic mass is 19.1. The maximum atomic E-state index is 13.2. The van der Waals surface area contributed by atoms with E-state index in [-0.39, 0.29) is 17.5 Å². The Balaban J connectivity index is 2.11. The Hall–Kier alpha value is -2.23. The second-order valence-corrected chi connectivity index (χ2v) is 4.75. The average molecular weight is 275 g/mol. The van der Waals surface area contributed by atoms with Gasteiger partial charge in [-0.1, -0.05) is 12.1 Å². The number of aryl methyl sites for hydroxylation is 1. The van der Waals surface area contributed by atoms with Crippen molar-refractivity contribution in [1.82, 2.24) is 4.90 Å². The van der Waals surface area contributed by atoms with Gasteiger partial charge in [0.15, 0.2) is 0 Å². The molecule has 0 atom stereocenters. The zero-order chi connectivity index (χ0) is 14.7. The summed E-state index contributed by atoms with van der Waals surface area (Å²) < 4.78 is 26.0. The summed E-state index contributed by atoms with van der Waals surface area (Å²) in [6, 6.07) is 10.3. The van der Waals surface area contributed by atoms with E-state index in [0.29, 0.717) is 17.7 Å². The monoisotopic (exact) mass is 275 g/mol. The molecule has 4 heteroatoms. The van der Waals surface area contributed by atoms with Gasteiger partial charge in [0.25, 0.3) is 5.91 Å². The minimum Gasteiger partial charge on any atom is -0.337 e. The molecule has 0 aromatic heterocycles. The highest BCUT2D eigenvalue weighted by Gasteiger charge is 2.13. The number of nitrogens with zero attached hydrogens (tertiary/aromatic N) is 1. The minimum atomic E-state index is -0.331. The molecule has 1 amide bonds. The van der Waals surface area contributed by atoms with Gasteiger partial charge in [0.2, 0.25) is 0 Å². The molecule has 0 aliphatic heterocycles. The highest BCUT2D eigenvalue weighted by molar-refractivity contribution is 5.94. The molecule has 0 spiro atoms. The van der Waals surface area contributed by atoms with Crippen LogP contribution in [0.1, 0.15) is 21.5 Å². The van der Waals surface area contributed by atoms with E-state index in [9.17, 15) is 13.6 Å². The number of halogens is 2. The van der Waals surface area contributed by atoms with Crippen LogP contribution in [0, 0.1) is 18.6 Å². The van der Waals surface area contributed by atoms with Gasteiger partial charge in [-0.25, -0.2) is 8.78 Å². The van der Waals surface area contributed by atoms with E-state index in [1.807, 2.05) is 0 Å². The summed E-state index contributed by atoms with van der Waals surface area (Å²) in [5, 5.41) is 0. The fourth-order valence-corrected chi connectivity index (χ4v) is 1.93. The van der Waals surface area contributed by atoms with Crippen LogP contribution in [-0.4, -0.2) is 17.9 Å². The third kappa shape index (κ3) is 3.20. The van der Waals surface area contributed by atoms with Crippen LogP contribution in [0.15, 0.2) is 42.5 Å². The number of carbonyl (C=O) groups excluding carboxylic acids is 1. The Morgan fingerprint density at radius 1 is 1.10 bits per heavy atom. The van der Waals surface area contributed by atoms with Crippen molar-refractivity contribution >= 4 is 5.91 Å². The van der Waals surface area contributed by atoms with E-state index in [1.54, 1.807) is 26.1 Å². The van der Waals surface area contributed by atoms with E-state index < -0.39 is 0 Å². The van der Waals surface area contributed by atoms with Crippen molar-refractivity contribution in [2.24, 2.45) is 0 Å². The van der Waals surface area contributed by atoms with Gasteiger partial charge in [-0.05, 0) is 48.4 Å². The van der Waals surface area contributed by atoms with E-state index in [2.05, 4.69) is 0 Å². The summed E-state index contributed by atoms with van der Waals surface area (Å²) in [5.74, 6) is -0.836. The third-order valence-corrected chi connectivity index (χ3v) is 3.08. The highest BCUT2D eigenvalue weighted by Crippen LogP contribution is 2.13. The summed E-state index contributed by atoms with van der Waals surface area (Å²) >= 11 is 0. The van der Waals surface area contributed by atoms with E-state index in [4.69, 9.17) is 0 Å². The molecule has 0 N–H and O–H groups in total. The molecule has 0 bridgehead atoms. The Labute approximate surface area is 116 Å². The molecule has 20 heavy (non-hydrogen) atoms. The van der Waals surface area contributed by atoms with Crippen molar-refractivity contribution in [2.75, 3.05) is 7.05 Å². The Bertz CT molecular complexity index is 623. The molecule has 0 aliphatic carbocycles. The molecule has 2 nitrogen and oxygen atoms in total. The molecule has 0 aliphatic rings. The molecule has 0 fully saturated rings. The first-order valence-corrected chi connectivity index (χ1v) is 6.23. The van der Waals surface area contributed by atoms with Crippen molar-refractivity contribution in [2.45, 2.75) is 13.5 Å². The van der Waals surface area contributed by atoms with Gasteiger partial charge >= 0.3 is 0 Å². The van der Waals surface area contributed by atoms with Crippen LogP contribution in [-0.2, 0) is 6.54 Å². The fraction of sp³-hybridized carbons (Fsp3) is 0.188. The quantitative estimate of drug-likeness (QED) is 0.839. The van der Waals surface area contributed by atoms with Crippen LogP contribution in [0.2, 0.25) is 0 Å². The predicted octanol–water partition coefficient (Wildman–Crippen LogP) is 3.55. The lowest BCUT2D eigenvalue weighted by Crippen LogP contribution is -2.26. The second kappa shape index (κ2) is 5.82. The topological polar surface area (TPSA) is 20.3 Å². The summed E-state index contributed by atoms with van der Waals surface area (Å²) in [4.78, 5) is 13.7. The number of carbonyl (C=O) groups is 1. The van der Waals surface area contributed by atoms with E-state index >= 15 is 0 Å². The molecule has 104 valence electrons. The summed E-state index contributed by atoms with van der Waals surface area (Å²) in [6.07, 6.45) is 0. The van der Waals surface area contributed by atoms with Gasteiger partial charge < -0.3 is 4.90 Å². The fourth-order valence-electron chi connectivity index (χ4n) is 1.93. The second-order valence-electron chi connectivity index (χ2n) is 4.75. The van der Waals surface area contributed by atoms with Gasteiger partial charge in [0.05, 0.1) is 0 Å². The molecule has 0 unspecified atom stereocenters. The molecule has 0 saturated heterocycles. The number of hydrogen-bond donors (Lipinski definition) is 0. The van der Waals surface area contributed by atoms with Crippen LogP contribution in [0.3, 0.4) is 0 Å². The molecule has 2 aromatic rings. The Morgan fingerprint density at radius 2 is 1.75 bits per heavy atom. The van der Waals surface area contributed by atoms with Crippen molar-refractivity contribution in [1.29, 1.82) is 0 Å². The number of rotatable bonds is 3. The van der Waals surface area contributed by atoms with Gasteiger partial charge in [-0.2, -0.15) is 0 Å². The molecule has 0 saturated carbocycles. The molecular weight excluding hydrogens is 260 g/mol. The lowest BCUT2D eigenvalue weighted by Gasteiger charge is -2.17. The SMILES string of the molecule is Cc1cc(C(=O)N(C)Cc2ccc(F)cc2)ccc1F. The predicted molar refractivity (Wildman–Crippen MR) is 73.3 cm³/mol. The van der Waals surface area contributed by atoms with Crippen molar-refractivity contribution in [3.63, 3.8) is 0 Å². The maximum absolute atomic E-state index is 13.2. The standard InChI is InChI=1S/C16H15F2NO/c1-11-9-13(5-8-15(11)18)16(20)19(2)10-12-3-6-14(17)7-4-12/h3-9H,10H2,1-2H3. The van der Waals surface area contributed by atoms with Gasteiger partial charge in [-0.3, -0.25) is 4.79 Å². The van der Waals surface area contributed by atoms with Crippen molar-refractivity contribution < 1.29 is 13.6 Å². The van der Waals surface area contributed by atoms with Crippen molar-refractivity contribution in [3.05, 3.63) is 70.8 Å². The zero-order valence-electron chi connectivity index (χ0n) is 11.4. The zero-order valence-corrected chi connectivity index (χ0v) is 11.4. The number of hydrogen-bond acceptors (Lipinski definition) is 1. The first-order valence-electron chi connectivity index (χ1n) is 6.23. The summed E-state index contributed by atoms with van der Waals surface area (Å²) in [7, 11) is 1.66. The normalized spacial score (nSPS) is 10.4. The molecule has 0 heterocycles.